The van der Waals surface area contributed by atoms with Crippen LogP contribution >= 0.6 is 0 Å². The molecule has 18 heavy (non-hydrogen) atoms. The van der Waals surface area contributed by atoms with E-state index in [1.807, 2.05) is 0 Å². The summed E-state index contributed by atoms with van der Waals surface area (Å²) in [4.78, 5) is 24.3. The number of rotatable bonds is 3. The molecule has 1 fully saturated rings. The lowest BCUT2D eigenvalue weighted by Gasteiger charge is -2.15. The molecule has 1 unspecified atom stereocenters. The molecule has 2 rings (SSSR count). The molecule has 96 valence electrons. The van der Waals surface area contributed by atoms with Crippen LogP contribution in [0, 0.1) is 0 Å². The molecule has 0 saturated carbocycles. The summed E-state index contributed by atoms with van der Waals surface area (Å²) in [5.74, 6) is 0.443. The van der Waals surface area contributed by atoms with Crippen LogP contribution in [0.3, 0.4) is 0 Å². The number of carbonyl (C=O) groups excluding carboxylic acids is 2. The standard InChI is InChI=1S/C12H14N2O4/c1-14-10(7-18-12(14)16)11(15)13-8-3-5-9(17-2)6-4-8/h3-6,10H,7H2,1-2H3,(H,13,15). The Morgan fingerprint density at radius 2 is 2.11 bits per heavy atom. The molecule has 0 radical (unpaired) electrons. The molecule has 1 aliphatic heterocycles. The van der Waals surface area contributed by atoms with Crippen LogP contribution in [0.1, 0.15) is 0 Å². The van der Waals surface area contributed by atoms with Gasteiger partial charge in [-0.25, -0.2) is 4.79 Å². The highest BCUT2D eigenvalue weighted by Crippen LogP contribution is 2.17. The minimum absolute atomic E-state index is 0.0807. The van der Waals surface area contributed by atoms with Gasteiger partial charge >= 0.3 is 6.09 Å². The molecule has 6 heteroatoms. The van der Waals surface area contributed by atoms with Crippen LogP contribution in [-0.4, -0.2) is 43.7 Å². The third kappa shape index (κ3) is 2.37. The number of likely N-dealkylation sites (N-methyl/N-ethyl adjacent to an activating group) is 1. The third-order valence-corrected chi connectivity index (χ3v) is 2.78. The van der Waals surface area contributed by atoms with Crippen LogP contribution < -0.4 is 10.1 Å². The quantitative estimate of drug-likeness (QED) is 0.871. The van der Waals surface area contributed by atoms with Gasteiger partial charge < -0.3 is 14.8 Å². The Bertz CT molecular complexity index is 458. The van der Waals surface area contributed by atoms with Gasteiger partial charge in [-0.1, -0.05) is 0 Å². The van der Waals surface area contributed by atoms with E-state index in [1.54, 1.807) is 31.4 Å². The van der Waals surface area contributed by atoms with Gasteiger partial charge in [0.05, 0.1) is 7.11 Å². The van der Waals surface area contributed by atoms with E-state index in [0.717, 1.165) is 0 Å². The Morgan fingerprint density at radius 1 is 1.44 bits per heavy atom. The predicted molar refractivity (Wildman–Crippen MR) is 64.5 cm³/mol. The number of amides is 2. The van der Waals surface area contributed by atoms with Crippen molar-refractivity contribution in [2.45, 2.75) is 6.04 Å². The third-order valence-electron chi connectivity index (χ3n) is 2.78. The van der Waals surface area contributed by atoms with Crippen molar-refractivity contribution in [1.82, 2.24) is 4.90 Å². The van der Waals surface area contributed by atoms with Gasteiger partial charge in [0, 0.05) is 12.7 Å². The van der Waals surface area contributed by atoms with Crippen molar-refractivity contribution < 1.29 is 19.1 Å². The fourth-order valence-corrected chi connectivity index (χ4v) is 1.64. The maximum Gasteiger partial charge on any atom is 0.410 e. The second-order valence-electron chi connectivity index (χ2n) is 3.92. The average molecular weight is 250 g/mol. The van der Waals surface area contributed by atoms with Crippen molar-refractivity contribution in [1.29, 1.82) is 0 Å². The first-order chi connectivity index (χ1) is 8.61. The summed E-state index contributed by atoms with van der Waals surface area (Å²) in [6, 6.07) is 6.37. The maximum atomic E-state index is 11.9. The summed E-state index contributed by atoms with van der Waals surface area (Å²) in [5, 5.41) is 2.72. The van der Waals surface area contributed by atoms with Crippen molar-refractivity contribution in [3.63, 3.8) is 0 Å². The fourth-order valence-electron chi connectivity index (χ4n) is 1.64. The van der Waals surface area contributed by atoms with E-state index in [4.69, 9.17) is 9.47 Å². The molecule has 1 aromatic rings. The van der Waals surface area contributed by atoms with Crippen molar-refractivity contribution in [2.24, 2.45) is 0 Å². The molecule has 1 aromatic carbocycles. The predicted octanol–water partition coefficient (Wildman–Crippen LogP) is 1.08. The monoisotopic (exact) mass is 250 g/mol. The van der Waals surface area contributed by atoms with Gasteiger partial charge in [0.1, 0.15) is 18.4 Å². The number of methoxy groups -OCH3 is 1. The largest absolute Gasteiger partial charge is 0.497 e. The van der Waals surface area contributed by atoms with Crippen LogP contribution in [0.4, 0.5) is 10.5 Å². The summed E-state index contributed by atoms with van der Waals surface area (Å²) in [6.45, 7) is 0.0807. The molecule has 1 heterocycles. The van der Waals surface area contributed by atoms with E-state index in [1.165, 1.54) is 11.9 Å². The van der Waals surface area contributed by atoms with Gasteiger partial charge in [-0.05, 0) is 24.3 Å². The molecule has 6 nitrogen and oxygen atoms in total. The van der Waals surface area contributed by atoms with Gasteiger partial charge in [0.25, 0.3) is 5.91 Å². The highest BCUT2D eigenvalue weighted by molar-refractivity contribution is 5.97. The Hall–Kier alpha value is -2.24. The summed E-state index contributed by atoms with van der Waals surface area (Å²) in [5.41, 5.74) is 0.647. The summed E-state index contributed by atoms with van der Waals surface area (Å²) in [7, 11) is 3.11. The zero-order valence-electron chi connectivity index (χ0n) is 10.2. The molecule has 2 amide bonds. The number of nitrogens with zero attached hydrogens (tertiary/aromatic N) is 1. The first-order valence-electron chi connectivity index (χ1n) is 5.46. The van der Waals surface area contributed by atoms with Crippen molar-refractivity contribution >= 4 is 17.7 Å². The SMILES string of the molecule is COc1ccc(NC(=O)C2COC(=O)N2C)cc1. The lowest BCUT2D eigenvalue weighted by atomic mass is 10.2. The normalized spacial score (nSPS) is 18.4. The minimum Gasteiger partial charge on any atom is -0.497 e. The van der Waals surface area contributed by atoms with E-state index < -0.39 is 12.1 Å². The van der Waals surface area contributed by atoms with Crippen molar-refractivity contribution in [3.8, 4) is 5.75 Å². The number of cyclic esters (lactones) is 1. The molecule has 0 aliphatic carbocycles. The van der Waals surface area contributed by atoms with Gasteiger partial charge in [0.15, 0.2) is 0 Å². The molecule has 0 aromatic heterocycles. The zero-order valence-corrected chi connectivity index (χ0v) is 10.2. The van der Waals surface area contributed by atoms with E-state index in [9.17, 15) is 9.59 Å². The van der Waals surface area contributed by atoms with Gasteiger partial charge in [-0.15, -0.1) is 0 Å². The molecule has 0 bridgehead atoms. The second-order valence-corrected chi connectivity index (χ2v) is 3.92. The molecule has 1 saturated heterocycles. The Kier molecular flexibility index (Phi) is 3.36. The summed E-state index contributed by atoms with van der Waals surface area (Å²) < 4.78 is 9.80. The summed E-state index contributed by atoms with van der Waals surface area (Å²) >= 11 is 0. The van der Waals surface area contributed by atoms with Crippen LogP contribution in [-0.2, 0) is 9.53 Å². The fraction of sp³-hybridized carbons (Fsp3) is 0.333. The van der Waals surface area contributed by atoms with Crippen LogP contribution in [0.15, 0.2) is 24.3 Å². The number of ether oxygens (including phenoxy) is 2. The van der Waals surface area contributed by atoms with E-state index in [2.05, 4.69) is 5.32 Å². The van der Waals surface area contributed by atoms with Gasteiger partial charge in [-0.3, -0.25) is 9.69 Å². The molecule has 1 aliphatic rings. The number of hydrogen-bond donors (Lipinski definition) is 1. The average Bonchev–Trinajstić information content (AvgIpc) is 2.71. The van der Waals surface area contributed by atoms with E-state index in [-0.39, 0.29) is 12.5 Å². The highest BCUT2D eigenvalue weighted by atomic mass is 16.6. The molecule has 0 spiro atoms. The smallest absolute Gasteiger partial charge is 0.410 e. The van der Waals surface area contributed by atoms with Crippen molar-refractivity contribution in [2.75, 3.05) is 26.1 Å². The van der Waals surface area contributed by atoms with Crippen LogP contribution in [0.25, 0.3) is 0 Å². The number of carbonyl (C=O) groups is 2. The first kappa shape index (κ1) is 12.2. The molecular formula is C12H14N2O4. The van der Waals surface area contributed by atoms with E-state index in [0.29, 0.717) is 11.4 Å². The Labute approximate surface area is 104 Å². The molecule has 1 atom stereocenters. The topological polar surface area (TPSA) is 67.9 Å². The number of hydrogen-bond acceptors (Lipinski definition) is 4. The Morgan fingerprint density at radius 3 is 2.61 bits per heavy atom. The summed E-state index contributed by atoms with van der Waals surface area (Å²) in [6.07, 6.45) is -0.482. The molecule has 1 N–H and O–H groups in total. The van der Waals surface area contributed by atoms with Gasteiger partial charge in [-0.2, -0.15) is 0 Å². The first-order valence-corrected chi connectivity index (χ1v) is 5.46. The Balaban J connectivity index is 2.00. The number of anilines is 1. The highest BCUT2D eigenvalue weighted by Gasteiger charge is 2.35. The lowest BCUT2D eigenvalue weighted by Crippen LogP contribution is -2.40. The van der Waals surface area contributed by atoms with Gasteiger partial charge in [0.2, 0.25) is 0 Å². The van der Waals surface area contributed by atoms with E-state index >= 15 is 0 Å². The zero-order chi connectivity index (χ0) is 13.1. The maximum absolute atomic E-state index is 11.9. The van der Waals surface area contributed by atoms with Crippen LogP contribution in [0.5, 0.6) is 5.75 Å². The van der Waals surface area contributed by atoms with Crippen molar-refractivity contribution in [3.05, 3.63) is 24.3 Å². The lowest BCUT2D eigenvalue weighted by molar-refractivity contribution is -0.119. The number of nitrogens with one attached hydrogen (secondary N) is 1. The number of benzene rings is 1. The van der Waals surface area contributed by atoms with Crippen LogP contribution in [0.2, 0.25) is 0 Å². The second kappa shape index (κ2) is 4.95. The minimum atomic E-state index is -0.584. The molecular weight excluding hydrogens is 236 g/mol.